The molecular formula is C20H26N4O3S. The number of carbonyl (C=O) groups is 2. The van der Waals surface area contributed by atoms with Crippen LogP contribution in [0.5, 0.6) is 0 Å². The summed E-state index contributed by atoms with van der Waals surface area (Å²) in [6.45, 7) is 7.26. The molecular weight excluding hydrogens is 376 g/mol. The number of hydrogen-bond donors (Lipinski definition) is 2. The summed E-state index contributed by atoms with van der Waals surface area (Å²) < 4.78 is 5.32. The fourth-order valence-corrected chi connectivity index (χ4v) is 3.97. The molecule has 150 valence electrons. The molecule has 0 radical (unpaired) electrons. The van der Waals surface area contributed by atoms with Crippen molar-refractivity contribution in [1.82, 2.24) is 15.2 Å². The Morgan fingerprint density at radius 1 is 1.21 bits per heavy atom. The molecule has 1 aromatic carbocycles. The molecule has 1 fully saturated rings. The van der Waals surface area contributed by atoms with E-state index in [1.807, 2.05) is 44.2 Å². The van der Waals surface area contributed by atoms with Crippen molar-refractivity contribution >= 4 is 28.8 Å². The van der Waals surface area contributed by atoms with Crippen molar-refractivity contribution in [2.24, 2.45) is 5.92 Å². The van der Waals surface area contributed by atoms with Crippen LogP contribution in [0.4, 0.5) is 5.69 Å². The first kappa shape index (κ1) is 20.4. The van der Waals surface area contributed by atoms with Crippen molar-refractivity contribution in [2.75, 3.05) is 38.2 Å². The Morgan fingerprint density at radius 3 is 2.61 bits per heavy atom. The zero-order valence-corrected chi connectivity index (χ0v) is 17.0. The van der Waals surface area contributed by atoms with Crippen molar-refractivity contribution in [2.45, 2.75) is 19.9 Å². The lowest BCUT2D eigenvalue weighted by molar-refractivity contribution is -0.124. The molecule has 0 spiro atoms. The highest BCUT2D eigenvalue weighted by Crippen LogP contribution is 2.25. The van der Waals surface area contributed by atoms with E-state index in [2.05, 4.69) is 20.5 Å². The van der Waals surface area contributed by atoms with Crippen LogP contribution in [0.3, 0.4) is 0 Å². The number of benzene rings is 1. The molecule has 2 N–H and O–H groups in total. The third kappa shape index (κ3) is 5.60. The van der Waals surface area contributed by atoms with Crippen molar-refractivity contribution < 1.29 is 14.3 Å². The second-order valence-electron chi connectivity index (χ2n) is 7.07. The summed E-state index contributed by atoms with van der Waals surface area (Å²) in [5.41, 5.74) is 1.08. The van der Waals surface area contributed by atoms with Crippen molar-refractivity contribution in [3.8, 4) is 0 Å². The minimum atomic E-state index is -0.254. The van der Waals surface area contributed by atoms with Crippen LogP contribution >= 0.6 is 11.3 Å². The van der Waals surface area contributed by atoms with Gasteiger partial charge in [-0.3, -0.25) is 14.5 Å². The molecule has 8 heteroatoms. The lowest BCUT2D eigenvalue weighted by atomic mass is 10.1. The minimum Gasteiger partial charge on any atom is -0.379 e. The van der Waals surface area contributed by atoms with Crippen molar-refractivity contribution in [1.29, 1.82) is 0 Å². The number of rotatable bonds is 7. The molecule has 0 saturated carbocycles. The van der Waals surface area contributed by atoms with Gasteiger partial charge < -0.3 is 15.4 Å². The largest absolute Gasteiger partial charge is 0.379 e. The van der Waals surface area contributed by atoms with Gasteiger partial charge in [0.05, 0.1) is 25.8 Å². The summed E-state index contributed by atoms with van der Waals surface area (Å²) in [6, 6.07) is 9.05. The summed E-state index contributed by atoms with van der Waals surface area (Å²) in [7, 11) is 0. The molecule has 1 aliphatic heterocycles. The number of nitrogens with zero attached hydrogens (tertiary/aromatic N) is 2. The maximum absolute atomic E-state index is 12.5. The van der Waals surface area contributed by atoms with Crippen LogP contribution in [0, 0.1) is 5.92 Å². The van der Waals surface area contributed by atoms with E-state index < -0.39 is 0 Å². The first-order valence-corrected chi connectivity index (χ1v) is 10.3. The zero-order valence-electron chi connectivity index (χ0n) is 16.2. The van der Waals surface area contributed by atoms with Gasteiger partial charge in [0, 0.05) is 24.2 Å². The molecule has 2 heterocycles. The van der Waals surface area contributed by atoms with Gasteiger partial charge in [-0.15, -0.1) is 11.3 Å². The highest BCUT2D eigenvalue weighted by atomic mass is 32.1. The van der Waals surface area contributed by atoms with Crippen molar-refractivity contribution in [3.63, 3.8) is 0 Å². The van der Waals surface area contributed by atoms with Crippen LogP contribution < -0.4 is 10.6 Å². The number of carbonyl (C=O) groups excluding carboxylic acids is 2. The number of thiazole rings is 1. The van der Waals surface area contributed by atoms with E-state index in [-0.39, 0.29) is 23.8 Å². The number of morpholine rings is 1. The Balaban J connectivity index is 1.62. The number of ether oxygens (including phenoxy) is 1. The first-order valence-electron chi connectivity index (χ1n) is 9.44. The third-order valence-electron chi connectivity index (χ3n) is 4.51. The predicted molar refractivity (Wildman–Crippen MR) is 109 cm³/mol. The molecule has 2 aromatic rings. The van der Waals surface area contributed by atoms with E-state index in [9.17, 15) is 9.59 Å². The van der Waals surface area contributed by atoms with E-state index >= 15 is 0 Å². The Labute approximate surface area is 169 Å². The van der Waals surface area contributed by atoms with Gasteiger partial charge in [0.2, 0.25) is 5.91 Å². The van der Waals surface area contributed by atoms with Gasteiger partial charge in [0.15, 0.2) is 0 Å². The molecule has 1 atom stereocenters. The molecule has 1 aliphatic rings. The minimum absolute atomic E-state index is 0.0360. The quantitative estimate of drug-likeness (QED) is 0.744. The Kier molecular flexibility index (Phi) is 7.13. The molecule has 1 aromatic heterocycles. The lowest BCUT2D eigenvalue weighted by Crippen LogP contribution is -2.44. The number of anilines is 1. The van der Waals surface area contributed by atoms with Gasteiger partial charge in [-0.1, -0.05) is 32.0 Å². The topological polar surface area (TPSA) is 83.6 Å². The number of hydrogen-bond acceptors (Lipinski definition) is 6. The SMILES string of the molecule is CC(C)[C@H](NC(=O)CN1CCOCC1)c1nc(C(=O)Nc2ccccc2)cs1. The second kappa shape index (κ2) is 9.77. The molecule has 7 nitrogen and oxygen atoms in total. The van der Waals surface area contributed by atoms with Crippen LogP contribution in [0.25, 0.3) is 0 Å². The van der Waals surface area contributed by atoms with Crippen LogP contribution in [0.1, 0.15) is 35.4 Å². The molecule has 1 saturated heterocycles. The van der Waals surface area contributed by atoms with Gasteiger partial charge in [0.25, 0.3) is 5.91 Å². The van der Waals surface area contributed by atoms with Crippen molar-refractivity contribution in [3.05, 3.63) is 46.4 Å². The van der Waals surface area contributed by atoms with Crippen LogP contribution in [-0.4, -0.2) is 54.5 Å². The average Bonchev–Trinajstić information content (AvgIpc) is 3.17. The van der Waals surface area contributed by atoms with Crippen LogP contribution in [0.2, 0.25) is 0 Å². The van der Waals surface area contributed by atoms with Gasteiger partial charge in [0.1, 0.15) is 10.7 Å². The molecule has 3 rings (SSSR count). The molecule has 0 unspecified atom stereocenters. The monoisotopic (exact) mass is 402 g/mol. The maximum atomic E-state index is 12.5. The highest BCUT2D eigenvalue weighted by molar-refractivity contribution is 7.10. The van der Waals surface area contributed by atoms with Crippen LogP contribution in [0.15, 0.2) is 35.7 Å². The Bertz CT molecular complexity index is 788. The third-order valence-corrected chi connectivity index (χ3v) is 5.43. The maximum Gasteiger partial charge on any atom is 0.275 e. The highest BCUT2D eigenvalue weighted by Gasteiger charge is 2.24. The summed E-state index contributed by atoms with van der Waals surface area (Å²) >= 11 is 1.39. The first-order chi connectivity index (χ1) is 13.5. The number of amides is 2. The number of para-hydroxylation sites is 1. The Hall–Kier alpha value is -2.29. The smallest absolute Gasteiger partial charge is 0.275 e. The fraction of sp³-hybridized carbons (Fsp3) is 0.450. The molecule has 2 amide bonds. The lowest BCUT2D eigenvalue weighted by Gasteiger charge is -2.27. The van der Waals surface area contributed by atoms with E-state index in [4.69, 9.17) is 4.74 Å². The van der Waals surface area contributed by atoms with Gasteiger partial charge in [-0.25, -0.2) is 4.98 Å². The molecule has 28 heavy (non-hydrogen) atoms. The number of aromatic nitrogens is 1. The van der Waals surface area contributed by atoms with Gasteiger partial charge >= 0.3 is 0 Å². The normalized spacial score (nSPS) is 16.0. The average molecular weight is 403 g/mol. The fourth-order valence-electron chi connectivity index (χ4n) is 2.95. The molecule has 0 bridgehead atoms. The van der Waals surface area contributed by atoms with E-state index in [0.717, 1.165) is 23.8 Å². The zero-order chi connectivity index (χ0) is 19.9. The second-order valence-corrected chi connectivity index (χ2v) is 7.96. The van der Waals surface area contributed by atoms with Gasteiger partial charge in [-0.2, -0.15) is 0 Å². The van der Waals surface area contributed by atoms with E-state index in [0.29, 0.717) is 25.5 Å². The summed E-state index contributed by atoms with van der Waals surface area (Å²) in [4.78, 5) is 31.5. The number of nitrogens with one attached hydrogen (secondary N) is 2. The Morgan fingerprint density at radius 2 is 1.93 bits per heavy atom. The summed E-state index contributed by atoms with van der Waals surface area (Å²) in [5.74, 6) is -0.133. The van der Waals surface area contributed by atoms with E-state index in [1.54, 1.807) is 5.38 Å². The standard InChI is InChI=1S/C20H26N4O3S/c1-14(2)18(23-17(25)12-24-8-10-27-11-9-24)20-22-16(13-28-20)19(26)21-15-6-4-3-5-7-15/h3-7,13-14,18H,8-12H2,1-2H3,(H,21,26)(H,23,25)/t18-/m0/s1. The van der Waals surface area contributed by atoms with E-state index in [1.165, 1.54) is 11.3 Å². The molecule has 0 aliphatic carbocycles. The predicted octanol–water partition coefficient (Wildman–Crippen LogP) is 2.54. The summed E-state index contributed by atoms with van der Waals surface area (Å²) in [5, 5.41) is 8.38. The van der Waals surface area contributed by atoms with Gasteiger partial charge in [-0.05, 0) is 18.1 Å². The van der Waals surface area contributed by atoms with Crippen LogP contribution in [-0.2, 0) is 9.53 Å². The summed E-state index contributed by atoms with van der Waals surface area (Å²) in [6.07, 6.45) is 0.